The highest BCUT2D eigenvalue weighted by Gasteiger charge is 2.08. The second-order valence-corrected chi connectivity index (χ2v) is 5.33. The van der Waals surface area contributed by atoms with Crippen LogP contribution < -0.4 is 10.9 Å². The van der Waals surface area contributed by atoms with Gasteiger partial charge in [0.25, 0.3) is 11.5 Å². The van der Waals surface area contributed by atoms with Crippen LogP contribution in [0.5, 0.6) is 0 Å². The van der Waals surface area contributed by atoms with Gasteiger partial charge in [-0.15, -0.1) is 0 Å². The average molecular weight is 317 g/mol. The lowest BCUT2D eigenvalue weighted by atomic mass is 10.2. The molecule has 0 aliphatic rings. The Kier molecular flexibility index (Phi) is 3.68. The van der Waals surface area contributed by atoms with E-state index in [1.54, 1.807) is 48.2 Å². The maximum Gasteiger partial charge on any atom is 0.251 e. The van der Waals surface area contributed by atoms with Crippen molar-refractivity contribution in [2.24, 2.45) is 7.05 Å². The number of halogens is 1. The van der Waals surface area contributed by atoms with Crippen LogP contribution in [0.1, 0.15) is 16.1 Å². The summed E-state index contributed by atoms with van der Waals surface area (Å²) in [6, 6.07) is 6.46. The van der Waals surface area contributed by atoms with Gasteiger partial charge in [0.2, 0.25) is 0 Å². The third-order valence-electron chi connectivity index (χ3n) is 3.26. The molecule has 3 heterocycles. The van der Waals surface area contributed by atoms with Gasteiger partial charge in [-0.2, -0.15) is 0 Å². The number of imidazole rings is 1. The molecule has 0 atom stereocenters. The highest BCUT2D eigenvalue weighted by Crippen LogP contribution is 2.11. The van der Waals surface area contributed by atoms with Gasteiger partial charge in [0, 0.05) is 37.3 Å². The Balaban J connectivity index is 1.74. The van der Waals surface area contributed by atoms with E-state index < -0.39 is 0 Å². The second kappa shape index (κ2) is 5.65. The van der Waals surface area contributed by atoms with E-state index in [1.165, 1.54) is 10.6 Å². The van der Waals surface area contributed by atoms with Crippen molar-refractivity contribution < 1.29 is 4.79 Å². The van der Waals surface area contributed by atoms with Crippen molar-refractivity contribution >= 4 is 23.2 Å². The molecule has 22 heavy (non-hydrogen) atoms. The van der Waals surface area contributed by atoms with E-state index in [9.17, 15) is 9.59 Å². The summed E-state index contributed by atoms with van der Waals surface area (Å²) in [5.41, 5.74) is 1.56. The van der Waals surface area contributed by atoms with Gasteiger partial charge in [0.1, 0.15) is 5.65 Å². The third-order valence-corrected chi connectivity index (χ3v) is 3.48. The van der Waals surface area contributed by atoms with Crippen molar-refractivity contribution in [3.05, 3.63) is 69.5 Å². The van der Waals surface area contributed by atoms with Gasteiger partial charge < -0.3 is 14.3 Å². The lowest BCUT2D eigenvalue weighted by Crippen LogP contribution is -2.25. The highest BCUT2D eigenvalue weighted by atomic mass is 35.5. The van der Waals surface area contributed by atoms with Crippen molar-refractivity contribution in [3.8, 4) is 0 Å². The minimum absolute atomic E-state index is 0.227. The summed E-state index contributed by atoms with van der Waals surface area (Å²) >= 11 is 5.91. The van der Waals surface area contributed by atoms with Crippen molar-refractivity contribution in [3.63, 3.8) is 0 Å². The molecule has 7 heteroatoms. The van der Waals surface area contributed by atoms with Gasteiger partial charge in [-0.1, -0.05) is 11.6 Å². The average Bonchev–Trinajstić information content (AvgIpc) is 2.89. The normalized spacial score (nSPS) is 10.8. The molecule has 0 fully saturated rings. The Morgan fingerprint density at radius 2 is 2.14 bits per heavy atom. The Morgan fingerprint density at radius 3 is 2.91 bits per heavy atom. The van der Waals surface area contributed by atoms with Crippen LogP contribution in [-0.4, -0.2) is 19.9 Å². The number of aryl methyl sites for hydroxylation is 1. The molecule has 3 aromatic rings. The molecule has 1 N–H and O–H groups in total. The van der Waals surface area contributed by atoms with E-state index in [4.69, 9.17) is 11.6 Å². The van der Waals surface area contributed by atoms with Crippen molar-refractivity contribution in [1.29, 1.82) is 0 Å². The molecular weight excluding hydrogens is 304 g/mol. The van der Waals surface area contributed by atoms with Crippen molar-refractivity contribution in [2.45, 2.75) is 6.54 Å². The number of fused-ring (bicyclic) bond motifs is 1. The van der Waals surface area contributed by atoms with Crippen LogP contribution in [0.2, 0.25) is 5.02 Å². The molecule has 0 saturated carbocycles. The van der Waals surface area contributed by atoms with E-state index in [1.807, 2.05) is 0 Å². The van der Waals surface area contributed by atoms with Crippen molar-refractivity contribution in [2.75, 3.05) is 0 Å². The first kappa shape index (κ1) is 14.3. The van der Waals surface area contributed by atoms with Crippen LogP contribution in [0.3, 0.4) is 0 Å². The second-order valence-electron chi connectivity index (χ2n) is 4.89. The fourth-order valence-electron chi connectivity index (χ4n) is 2.07. The van der Waals surface area contributed by atoms with E-state index in [2.05, 4.69) is 10.3 Å². The molecule has 3 rings (SSSR count). The molecule has 0 aromatic carbocycles. The first-order valence-corrected chi connectivity index (χ1v) is 6.99. The van der Waals surface area contributed by atoms with Crippen LogP contribution in [0.15, 0.2) is 47.7 Å². The first-order valence-electron chi connectivity index (χ1n) is 6.61. The summed E-state index contributed by atoms with van der Waals surface area (Å²) in [6.45, 7) is 0.271. The summed E-state index contributed by atoms with van der Waals surface area (Å²) in [5.74, 6) is -0.312. The molecule has 3 aromatic heterocycles. The molecule has 1 amide bonds. The number of hydrogen-bond donors (Lipinski definition) is 1. The minimum atomic E-state index is -0.312. The van der Waals surface area contributed by atoms with E-state index in [-0.39, 0.29) is 18.0 Å². The Labute approximate surface area is 131 Å². The molecule has 0 spiro atoms. The predicted octanol–water partition coefficient (Wildman–Crippen LogP) is 1.62. The maximum absolute atomic E-state index is 12.0. The molecular formula is C15H13ClN4O2. The molecule has 0 bridgehead atoms. The molecule has 0 radical (unpaired) electrons. The summed E-state index contributed by atoms with van der Waals surface area (Å²) in [7, 11) is 1.63. The van der Waals surface area contributed by atoms with E-state index in [0.29, 0.717) is 16.3 Å². The number of rotatable bonds is 3. The first-order chi connectivity index (χ1) is 10.5. The topological polar surface area (TPSA) is 68.4 Å². The summed E-state index contributed by atoms with van der Waals surface area (Å²) < 4.78 is 3.20. The van der Waals surface area contributed by atoms with Gasteiger partial charge >= 0.3 is 0 Å². The van der Waals surface area contributed by atoms with E-state index in [0.717, 1.165) is 5.65 Å². The number of hydrogen-bond acceptors (Lipinski definition) is 3. The fourth-order valence-corrected chi connectivity index (χ4v) is 2.23. The number of nitrogens with zero attached hydrogens (tertiary/aromatic N) is 3. The molecule has 0 unspecified atom stereocenters. The largest absolute Gasteiger partial charge is 0.346 e. The number of carbonyl (C=O) groups is 1. The number of pyridine rings is 2. The molecule has 0 aliphatic carbocycles. The van der Waals surface area contributed by atoms with E-state index >= 15 is 0 Å². The summed E-state index contributed by atoms with van der Waals surface area (Å²) in [5, 5.41) is 3.35. The Bertz CT molecular complexity index is 913. The molecule has 112 valence electrons. The van der Waals surface area contributed by atoms with Gasteiger partial charge in [-0.3, -0.25) is 9.59 Å². The zero-order chi connectivity index (χ0) is 15.7. The highest BCUT2D eigenvalue weighted by molar-refractivity contribution is 6.30. The summed E-state index contributed by atoms with van der Waals surface area (Å²) in [6.07, 6.45) is 5.10. The van der Waals surface area contributed by atoms with Gasteiger partial charge in [0.05, 0.1) is 17.3 Å². The smallest absolute Gasteiger partial charge is 0.251 e. The monoisotopic (exact) mass is 316 g/mol. The number of carbonyl (C=O) groups excluding carboxylic acids is 1. The quantitative estimate of drug-likeness (QED) is 0.798. The predicted molar refractivity (Wildman–Crippen MR) is 83.1 cm³/mol. The van der Waals surface area contributed by atoms with Crippen LogP contribution in [0.4, 0.5) is 0 Å². The minimum Gasteiger partial charge on any atom is -0.346 e. The van der Waals surface area contributed by atoms with Gasteiger partial charge in [-0.05, 0) is 18.2 Å². The SMILES string of the molecule is Cn1ccc(C(=O)NCc2cn3cc(Cl)ccc3n2)cc1=O. The summed E-state index contributed by atoms with van der Waals surface area (Å²) in [4.78, 5) is 27.9. The van der Waals surface area contributed by atoms with Crippen LogP contribution in [0.25, 0.3) is 5.65 Å². The molecule has 0 aliphatic heterocycles. The molecule has 6 nitrogen and oxygen atoms in total. The fraction of sp³-hybridized carbons (Fsp3) is 0.133. The van der Waals surface area contributed by atoms with Crippen LogP contribution in [-0.2, 0) is 13.6 Å². The van der Waals surface area contributed by atoms with Gasteiger partial charge in [-0.25, -0.2) is 4.98 Å². The standard InChI is InChI=1S/C15H13ClN4O2/c1-19-5-4-10(6-14(19)21)15(22)17-7-12-9-20-8-11(16)2-3-13(20)18-12/h2-6,8-9H,7H2,1H3,(H,17,22). The number of nitrogens with one attached hydrogen (secondary N) is 1. The third kappa shape index (κ3) is 2.87. The number of aromatic nitrogens is 3. The Morgan fingerprint density at radius 1 is 1.32 bits per heavy atom. The lowest BCUT2D eigenvalue weighted by molar-refractivity contribution is 0.0950. The lowest BCUT2D eigenvalue weighted by Gasteiger charge is -2.03. The maximum atomic E-state index is 12.0. The van der Waals surface area contributed by atoms with Crippen LogP contribution >= 0.6 is 11.6 Å². The van der Waals surface area contributed by atoms with Gasteiger partial charge in [0.15, 0.2) is 0 Å². The number of amides is 1. The van der Waals surface area contributed by atoms with Crippen LogP contribution in [0, 0.1) is 0 Å². The van der Waals surface area contributed by atoms with Crippen molar-refractivity contribution in [1.82, 2.24) is 19.3 Å². The zero-order valence-electron chi connectivity index (χ0n) is 11.8. The zero-order valence-corrected chi connectivity index (χ0v) is 12.5. The Hall–Kier alpha value is -2.60. The molecule has 0 saturated heterocycles.